The number of hydrogen-bond acceptors (Lipinski definition) is 24. The maximum atomic E-state index is 16.8. The molecule has 11 aromatic rings. The van der Waals surface area contributed by atoms with E-state index in [4.69, 9.17) is 38.3 Å². The fraction of sp³-hybridized carbons (Fsp3) is 0.280. The van der Waals surface area contributed by atoms with Gasteiger partial charge in [0.2, 0.25) is 0 Å². The molecule has 4 fully saturated rings. The number of para-hydroxylation sites is 2. The van der Waals surface area contributed by atoms with E-state index in [1.807, 2.05) is 91.8 Å². The summed E-state index contributed by atoms with van der Waals surface area (Å²) in [6.45, 7) is 15.6. The van der Waals surface area contributed by atoms with Crippen LogP contribution < -0.4 is 28.7 Å². The zero-order valence-electron chi connectivity index (χ0n) is 72.1. The first-order chi connectivity index (χ1) is 62.4. The molecule has 30 heteroatoms. The van der Waals surface area contributed by atoms with Crippen LogP contribution in [0, 0.1) is 0 Å². The lowest BCUT2D eigenvalue weighted by Crippen LogP contribution is -2.42. The lowest BCUT2D eigenvalue weighted by molar-refractivity contribution is -0.197. The second kappa shape index (κ2) is 35.1. The minimum atomic E-state index is -0.844. The van der Waals surface area contributed by atoms with Crippen molar-refractivity contribution in [2.24, 2.45) is 0 Å². The number of hydrogen-bond donors (Lipinski definition) is 0. The van der Waals surface area contributed by atoms with Crippen LogP contribution in [0.2, 0.25) is 0 Å². The van der Waals surface area contributed by atoms with Crippen molar-refractivity contribution >= 4 is 149 Å². The number of anilines is 2. The highest BCUT2D eigenvalue weighted by Gasteiger charge is 2.46. The first kappa shape index (κ1) is 86.7. The lowest BCUT2D eigenvalue weighted by atomic mass is 9.80. The van der Waals surface area contributed by atoms with E-state index in [1.54, 1.807) is 97.1 Å². The van der Waals surface area contributed by atoms with E-state index in [2.05, 4.69) is 0 Å². The molecule has 0 radical (unpaired) electrons. The van der Waals surface area contributed by atoms with Gasteiger partial charge in [-0.1, -0.05) is 140 Å². The molecule has 6 aliphatic rings. The Bertz CT molecular complexity index is 5870. The minimum Gasteiger partial charge on any atom is -0.457 e. The first-order valence-electron chi connectivity index (χ1n) is 43.1. The van der Waals surface area contributed by atoms with E-state index < -0.39 is 94.8 Å². The van der Waals surface area contributed by atoms with E-state index in [0.29, 0.717) is 76.1 Å². The van der Waals surface area contributed by atoms with Crippen LogP contribution in [0.3, 0.4) is 0 Å². The third kappa shape index (κ3) is 16.4. The number of aryl methyl sites for hydroxylation is 4. The number of ether oxygens (including phenoxy) is 4. The molecule has 12 amide bonds. The predicted octanol–water partition coefficient (Wildman–Crippen LogP) is 17.2. The van der Waals surface area contributed by atoms with Crippen LogP contribution in [0.5, 0.6) is 46.0 Å². The van der Waals surface area contributed by atoms with Gasteiger partial charge in [0.25, 0.3) is 70.9 Å². The van der Waals surface area contributed by atoms with Crippen LogP contribution in [-0.4, -0.2) is 115 Å². The number of carbonyl (C=O) groups excluding carboxylic acids is 16. The Labute approximate surface area is 742 Å². The lowest BCUT2D eigenvalue weighted by Gasteiger charge is -2.35. The summed E-state index contributed by atoms with van der Waals surface area (Å²) >= 11 is 0. The number of amides is 12. The van der Waals surface area contributed by atoms with Gasteiger partial charge in [0.1, 0.15) is 46.0 Å². The van der Waals surface area contributed by atoms with Crippen LogP contribution in [-0.2, 0) is 103 Å². The highest BCUT2D eigenvalue weighted by atomic mass is 16.7. The summed E-state index contributed by atoms with van der Waals surface area (Å²) in [6.07, 6.45) is -1.67. The van der Waals surface area contributed by atoms with Crippen molar-refractivity contribution in [2.45, 2.75) is 182 Å². The van der Waals surface area contributed by atoms with Crippen LogP contribution in [0.4, 0.5) is 11.4 Å². The molecule has 130 heavy (non-hydrogen) atoms. The first-order valence-corrected chi connectivity index (χ1v) is 43.1. The number of nitrogens with zero attached hydrogens (tertiary/aromatic N) is 6. The number of rotatable bonds is 30. The number of imide groups is 6. The maximum Gasteiger partial charge on any atom is 0.333 e. The molecule has 11 aromatic carbocycles. The zero-order chi connectivity index (χ0) is 91.7. The Kier molecular flexibility index (Phi) is 23.4. The molecular weight excluding hydrogens is 1670 g/mol. The smallest absolute Gasteiger partial charge is 0.333 e. The quantitative estimate of drug-likeness (QED) is 0.0229. The summed E-state index contributed by atoms with van der Waals surface area (Å²) < 4.78 is 29.4. The van der Waals surface area contributed by atoms with Gasteiger partial charge < -0.3 is 38.3 Å². The van der Waals surface area contributed by atoms with Crippen molar-refractivity contribution in [2.75, 3.05) is 9.80 Å². The molecule has 0 aromatic heterocycles. The van der Waals surface area contributed by atoms with Crippen molar-refractivity contribution in [1.82, 2.24) is 20.3 Å². The van der Waals surface area contributed by atoms with E-state index >= 15 is 19.2 Å². The Morgan fingerprint density at radius 3 is 0.638 bits per heavy atom. The van der Waals surface area contributed by atoms with E-state index in [0.717, 1.165) is 0 Å². The van der Waals surface area contributed by atoms with Crippen LogP contribution in [0.1, 0.15) is 242 Å². The summed E-state index contributed by atoms with van der Waals surface area (Å²) in [4.78, 5) is 244. The van der Waals surface area contributed by atoms with Crippen molar-refractivity contribution in [3.63, 3.8) is 0 Å². The summed E-state index contributed by atoms with van der Waals surface area (Å²) in [5.41, 5.74) is 5.38. The Morgan fingerprint density at radius 1 is 0.262 bits per heavy atom. The number of hydroxylamine groups is 8. The molecule has 6 heterocycles. The van der Waals surface area contributed by atoms with Gasteiger partial charge in [0.05, 0.1) is 59.3 Å². The van der Waals surface area contributed by atoms with Gasteiger partial charge in [-0.3, -0.25) is 57.5 Å². The molecule has 660 valence electrons. The van der Waals surface area contributed by atoms with Crippen molar-refractivity contribution in [3.8, 4) is 46.0 Å². The molecule has 0 saturated carbocycles. The third-order valence-electron chi connectivity index (χ3n) is 23.9. The molecule has 6 aliphatic heterocycles. The molecule has 17 rings (SSSR count). The summed E-state index contributed by atoms with van der Waals surface area (Å²) in [6, 6.07) is 43.6. The molecule has 0 aliphatic carbocycles. The molecule has 0 unspecified atom stereocenters. The number of benzene rings is 11. The molecule has 4 saturated heterocycles. The normalized spacial score (nSPS) is 15.3. The molecule has 0 atom stereocenters. The van der Waals surface area contributed by atoms with Crippen LogP contribution in [0.15, 0.2) is 158 Å². The average molecular weight is 1760 g/mol. The zero-order valence-corrected chi connectivity index (χ0v) is 72.1. The Morgan fingerprint density at radius 2 is 0.454 bits per heavy atom. The largest absolute Gasteiger partial charge is 0.457 e. The van der Waals surface area contributed by atoms with E-state index in [1.165, 1.54) is 34.1 Å². The van der Waals surface area contributed by atoms with Gasteiger partial charge in [-0.2, -0.15) is 0 Å². The number of carbonyl (C=O) groups is 16. The van der Waals surface area contributed by atoms with Crippen molar-refractivity contribution in [1.29, 1.82) is 0 Å². The highest BCUT2D eigenvalue weighted by Crippen LogP contribution is 2.59. The van der Waals surface area contributed by atoms with Gasteiger partial charge in [-0.05, 0) is 167 Å². The maximum absolute atomic E-state index is 16.8. The summed E-state index contributed by atoms with van der Waals surface area (Å²) in [5, 5.41) is 2.69. The highest BCUT2D eigenvalue weighted by molar-refractivity contribution is 6.48. The standard InChI is InChI=1S/C100H86N6O24/c1-51(2)63-11-9-12-64(52(3)4)95(63)101-97(119)67-47-71(123-59-27-15-55(16-28-59)23-43-83(115)127-103-75(107)35-36-76(103)108)89-91-73(125-61-31-19-57(20-32-61)25-45-85(117)129-105-79(111)39-40-80(105)112)49-69-88-70(100(122)102(99(69)121)96-65(53(5)6)13-10-14-66(96)54(7)8)50-74(126-62-33-21-58(22-34-62)26-46-86(118)130-106-81(113)41-42-82(106)114)92(94(88)91)90-72(48-68(98(101)120)87(67)93(89)90)124-60-29-17-56(18-30-60)24-44-84(116)128-104-77(109)37-38-78(104)110/h9-22,27-34,47-54H,23-26,35-46H2,1-8H3. The van der Waals surface area contributed by atoms with Gasteiger partial charge >= 0.3 is 23.9 Å². The Balaban J connectivity index is 0.928. The molecule has 0 spiro atoms. The third-order valence-corrected chi connectivity index (χ3v) is 23.9. The van der Waals surface area contributed by atoms with Gasteiger partial charge in [0, 0.05) is 94.5 Å². The summed E-state index contributed by atoms with van der Waals surface area (Å²) in [5.74, 6) is -12.5. The monoisotopic (exact) mass is 1750 g/mol. The molecule has 0 N–H and O–H groups in total. The SMILES string of the molecule is CC(C)c1cccc(C(C)C)c1N1C(=O)c2cc(Oc3ccc(CCC(=O)ON4C(=O)CCC4=O)cc3)c3c4c(Oc5ccc(CCC(=O)ON6C(=O)CCC6=O)cc5)cc5c6c(cc(Oc7ccc(CCC(=O)ON8C(=O)CCC8=O)cc7)c(c7c(Oc8ccc(CCC(=O)ON9C(=O)CCC9=O)cc8)cc(c2c37)C1=O)c64)C(=O)N(c1c(C(C)C)cccc1C(C)C)C5=O. The summed E-state index contributed by atoms with van der Waals surface area (Å²) in [7, 11) is 0. The second-order valence-electron chi connectivity index (χ2n) is 33.9. The van der Waals surface area contributed by atoms with Gasteiger partial charge in [0.15, 0.2) is 0 Å². The number of fused-ring (bicyclic) bond motifs is 2. The predicted molar refractivity (Wildman–Crippen MR) is 467 cm³/mol. The second-order valence-corrected chi connectivity index (χ2v) is 33.9. The van der Waals surface area contributed by atoms with Crippen LogP contribution in [0.25, 0.3) is 43.1 Å². The minimum absolute atomic E-state index is 0.0578. The Hall–Kier alpha value is -15.4. The van der Waals surface area contributed by atoms with E-state index in [-0.39, 0.29) is 238 Å². The van der Waals surface area contributed by atoms with Crippen LogP contribution >= 0.6 is 0 Å². The average Bonchev–Trinajstić information content (AvgIpc) is 0.773. The molecule has 30 nitrogen and oxygen atoms in total. The van der Waals surface area contributed by atoms with Gasteiger partial charge in [-0.25, -0.2) is 29.0 Å². The van der Waals surface area contributed by atoms with Gasteiger partial charge in [-0.15, -0.1) is 20.3 Å². The fourth-order valence-electron chi connectivity index (χ4n) is 17.4. The van der Waals surface area contributed by atoms with Crippen molar-refractivity contribution < 1.29 is 115 Å². The molecular formula is C100H86N6O24. The fourth-order valence-corrected chi connectivity index (χ4v) is 17.4. The molecule has 0 bridgehead atoms. The topological polar surface area (TPSA) is 366 Å². The van der Waals surface area contributed by atoms with E-state index in [9.17, 15) is 57.5 Å². The van der Waals surface area contributed by atoms with Crippen molar-refractivity contribution in [3.05, 3.63) is 224 Å².